The van der Waals surface area contributed by atoms with Gasteiger partial charge < -0.3 is 4.74 Å². The lowest BCUT2D eigenvalue weighted by atomic mass is 10.2. The molecule has 17 heavy (non-hydrogen) atoms. The zero-order chi connectivity index (χ0) is 12.3. The number of ether oxygens (including phenoxy) is 1. The summed E-state index contributed by atoms with van der Waals surface area (Å²) in [6.45, 7) is 2.02. The Bertz CT molecular complexity index is 508. The van der Waals surface area contributed by atoms with Gasteiger partial charge in [0.1, 0.15) is 17.3 Å². The molecule has 1 nitrogen and oxygen atoms in total. The van der Waals surface area contributed by atoms with Gasteiger partial charge in [-0.15, -0.1) is 0 Å². The van der Waals surface area contributed by atoms with Gasteiger partial charge in [0, 0.05) is 10.9 Å². The molecule has 0 spiro atoms. The molecule has 0 unspecified atom stereocenters. The van der Waals surface area contributed by atoms with Crippen LogP contribution in [0.3, 0.4) is 0 Å². The van der Waals surface area contributed by atoms with Gasteiger partial charge in [-0.25, -0.2) is 4.39 Å². The van der Waals surface area contributed by atoms with Crippen molar-refractivity contribution < 1.29 is 9.13 Å². The average Bonchev–Trinajstić information content (AvgIpc) is 2.34. The van der Waals surface area contributed by atoms with Crippen LogP contribution in [0, 0.1) is 12.7 Å². The topological polar surface area (TPSA) is 9.23 Å². The summed E-state index contributed by atoms with van der Waals surface area (Å²) in [7, 11) is 0. The highest BCUT2D eigenvalue weighted by atomic mass is 79.9. The fourth-order valence-corrected chi connectivity index (χ4v) is 1.92. The molecule has 0 radical (unpaired) electrons. The molecule has 2 rings (SSSR count). The number of benzene rings is 2. The van der Waals surface area contributed by atoms with E-state index < -0.39 is 0 Å². The third-order valence-electron chi connectivity index (χ3n) is 2.42. The minimum Gasteiger partial charge on any atom is -0.457 e. The van der Waals surface area contributed by atoms with Crippen LogP contribution in [-0.2, 0) is 5.33 Å². The van der Waals surface area contributed by atoms with Gasteiger partial charge in [-0.1, -0.05) is 33.6 Å². The van der Waals surface area contributed by atoms with Crippen LogP contribution in [0.2, 0.25) is 0 Å². The first-order valence-corrected chi connectivity index (χ1v) is 6.40. The number of halogens is 2. The number of rotatable bonds is 3. The van der Waals surface area contributed by atoms with Crippen LogP contribution in [0.1, 0.15) is 11.1 Å². The smallest absolute Gasteiger partial charge is 0.131 e. The monoisotopic (exact) mass is 294 g/mol. The van der Waals surface area contributed by atoms with Crippen molar-refractivity contribution in [1.82, 2.24) is 0 Å². The number of hydrogen-bond acceptors (Lipinski definition) is 1. The normalized spacial score (nSPS) is 10.3. The first-order valence-electron chi connectivity index (χ1n) is 5.28. The summed E-state index contributed by atoms with van der Waals surface area (Å²) in [6, 6.07) is 12.3. The molecule has 0 aliphatic carbocycles. The van der Waals surface area contributed by atoms with E-state index in [4.69, 9.17) is 4.74 Å². The number of aryl methyl sites for hydroxylation is 1. The molecule has 0 aromatic heterocycles. The van der Waals surface area contributed by atoms with Crippen LogP contribution in [0.5, 0.6) is 11.5 Å². The Hall–Kier alpha value is -1.35. The maximum absolute atomic E-state index is 13.0. The van der Waals surface area contributed by atoms with Gasteiger partial charge in [0.05, 0.1) is 0 Å². The molecular weight excluding hydrogens is 283 g/mol. The Morgan fingerprint density at radius 3 is 2.47 bits per heavy atom. The molecule has 0 atom stereocenters. The van der Waals surface area contributed by atoms with Crippen LogP contribution in [0.15, 0.2) is 42.5 Å². The van der Waals surface area contributed by atoms with Crippen molar-refractivity contribution >= 4 is 15.9 Å². The minimum absolute atomic E-state index is 0.254. The minimum atomic E-state index is -0.254. The lowest BCUT2D eigenvalue weighted by Gasteiger charge is -2.09. The molecule has 0 amide bonds. The number of alkyl halides is 1. The van der Waals surface area contributed by atoms with Gasteiger partial charge in [-0.05, 0) is 37.3 Å². The van der Waals surface area contributed by atoms with E-state index in [0.29, 0.717) is 11.1 Å². The summed E-state index contributed by atoms with van der Waals surface area (Å²) in [5.41, 5.74) is 1.97. The van der Waals surface area contributed by atoms with Crippen LogP contribution >= 0.6 is 15.9 Å². The molecule has 3 heteroatoms. The Balaban J connectivity index is 2.26. The van der Waals surface area contributed by atoms with Crippen molar-refractivity contribution in [2.24, 2.45) is 0 Å². The van der Waals surface area contributed by atoms with Gasteiger partial charge in [-0.3, -0.25) is 0 Å². The fraction of sp³-hybridized carbons (Fsp3) is 0.143. The van der Waals surface area contributed by atoms with Crippen LogP contribution < -0.4 is 4.74 Å². The molecule has 88 valence electrons. The van der Waals surface area contributed by atoms with Crippen molar-refractivity contribution in [1.29, 1.82) is 0 Å². The summed E-state index contributed by atoms with van der Waals surface area (Å²) < 4.78 is 18.8. The van der Waals surface area contributed by atoms with Crippen molar-refractivity contribution in [3.05, 3.63) is 59.4 Å². The predicted octanol–water partition coefficient (Wildman–Crippen LogP) is 4.82. The van der Waals surface area contributed by atoms with E-state index in [9.17, 15) is 4.39 Å². The van der Waals surface area contributed by atoms with Crippen LogP contribution in [0.25, 0.3) is 0 Å². The van der Waals surface area contributed by atoms with E-state index >= 15 is 0 Å². The second-order valence-corrected chi connectivity index (χ2v) is 4.36. The molecule has 0 N–H and O–H groups in total. The van der Waals surface area contributed by atoms with E-state index in [1.807, 2.05) is 31.2 Å². The standard InChI is InChI=1S/C14H12BrFO/c1-10-2-5-13(6-3-10)17-14-7-4-12(16)8-11(14)9-15/h2-8H,9H2,1H3. The van der Waals surface area contributed by atoms with E-state index in [1.165, 1.54) is 17.7 Å². The fourth-order valence-electron chi connectivity index (χ4n) is 1.49. The molecule has 0 aliphatic heterocycles. The largest absolute Gasteiger partial charge is 0.457 e. The molecule has 0 aliphatic rings. The van der Waals surface area contributed by atoms with E-state index in [2.05, 4.69) is 15.9 Å². The highest BCUT2D eigenvalue weighted by molar-refractivity contribution is 9.08. The SMILES string of the molecule is Cc1ccc(Oc2ccc(F)cc2CBr)cc1. The molecule has 0 saturated carbocycles. The zero-order valence-electron chi connectivity index (χ0n) is 9.41. The first kappa shape index (κ1) is 12.1. The molecule has 0 bridgehead atoms. The van der Waals surface area contributed by atoms with Gasteiger partial charge >= 0.3 is 0 Å². The maximum atomic E-state index is 13.0. The Morgan fingerprint density at radius 1 is 1.12 bits per heavy atom. The highest BCUT2D eigenvalue weighted by Gasteiger charge is 2.05. The predicted molar refractivity (Wildman–Crippen MR) is 70.3 cm³/mol. The van der Waals surface area contributed by atoms with Crippen LogP contribution in [-0.4, -0.2) is 0 Å². The molecular formula is C14H12BrFO. The Morgan fingerprint density at radius 2 is 1.82 bits per heavy atom. The molecule has 2 aromatic rings. The molecule has 0 heterocycles. The van der Waals surface area contributed by atoms with E-state index in [-0.39, 0.29) is 5.82 Å². The summed E-state index contributed by atoms with van der Waals surface area (Å²) in [5.74, 6) is 1.17. The van der Waals surface area contributed by atoms with Gasteiger partial charge in [0.15, 0.2) is 0 Å². The van der Waals surface area contributed by atoms with Crippen molar-refractivity contribution in [2.45, 2.75) is 12.3 Å². The Kier molecular flexibility index (Phi) is 3.79. The second kappa shape index (κ2) is 5.32. The lowest BCUT2D eigenvalue weighted by Crippen LogP contribution is -1.90. The zero-order valence-corrected chi connectivity index (χ0v) is 11.0. The van der Waals surface area contributed by atoms with E-state index in [0.717, 1.165) is 11.3 Å². The van der Waals surface area contributed by atoms with Crippen molar-refractivity contribution in [2.75, 3.05) is 0 Å². The molecule has 2 aromatic carbocycles. The molecule has 0 fully saturated rings. The Labute approximate surface area is 108 Å². The van der Waals surface area contributed by atoms with Gasteiger partial charge in [0.25, 0.3) is 0 Å². The summed E-state index contributed by atoms with van der Waals surface area (Å²) in [6.07, 6.45) is 0. The first-order chi connectivity index (χ1) is 8.19. The van der Waals surface area contributed by atoms with Gasteiger partial charge in [0.2, 0.25) is 0 Å². The van der Waals surface area contributed by atoms with E-state index in [1.54, 1.807) is 6.07 Å². The maximum Gasteiger partial charge on any atom is 0.131 e. The summed E-state index contributed by atoms with van der Waals surface area (Å²) in [5, 5.41) is 0.561. The third-order valence-corrected chi connectivity index (χ3v) is 3.02. The number of hydrogen-bond donors (Lipinski definition) is 0. The quantitative estimate of drug-likeness (QED) is 0.737. The molecule has 0 saturated heterocycles. The van der Waals surface area contributed by atoms with Crippen LogP contribution in [0.4, 0.5) is 4.39 Å². The van der Waals surface area contributed by atoms with Gasteiger partial charge in [-0.2, -0.15) is 0 Å². The third kappa shape index (κ3) is 3.07. The summed E-state index contributed by atoms with van der Waals surface area (Å²) >= 11 is 3.32. The average molecular weight is 295 g/mol. The van der Waals surface area contributed by atoms with Crippen molar-refractivity contribution in [3.8, 4) is 11.5 Å². The summed E-state index contributed by atoms with van der Waals surface area (Å²) in [4.78, 5) is 0. The second-order valence-electron chi connectivity index (χ2n) is 3.80. The highest BCUT2D eigenvalue weighted by Crippen LogP contribution is 2.27. The lowest BCUT2D eigenvalue weighted by molar-refractivity contribution is 0.476. The van der Waals surface area contributed by atoms with Crippen molar-refractivity contribution in [3.63, 3.8) is 0 Å².